The summed E-state index contributed by atoms with van der Waals surface area (Å²) in [4.78, 5) is 54.8. The summed E-state index contributed by atoms with van der Waals surface area (Å²) in [6.45, 7) is 2.21. The lowest BCUT2D eigenvalue weighted by Gasteiger charge is -2.50. The molecular weight excluding hydrogens is 546 g/mol. The van der Waals surface area contributed by atoms with E-state index < -0.39 is 69.8 Å². The molecule has 0 saturated heterocycles. The number of hydrogen-bond acceptors (Lipinski definition) is 11. The molecule has 4 rings (SSSR count). The standard InChI is InChI=1S/C30H37N3O9/c1-6-7-10-42-19(34)9-8-14-13-18(32(2)3)16-11-15-12-17-23(33(4)5)26(37)22(29(31)40)28(39)30(17,41)27(38)20(15)25(36)21(16)24(14)35/h8-9,13,15,17,23,35-36,39,41H,6-7,10-12H2,1-5H3,(H2,31,40)/b9-8+. The molecule has 1 saturated carbocycles. The number of primary amides is 1. The maximum absolute atomic E-state index is 14.0. The number of amides is 1. The fraction of sp³-hybridized carbons (Fsp3) is 0.467. The number of ketones is 2. The number of unbranched alkanes of at least 4 members (excludes halogenated alkanes) is 1. The highest BCUT2D eigenvalue weighted by Gasteiger charge is 2.64. The van der Waals surface area contributed by atoms with Crippen LogP contribution in [0.1, 0.15) is 42.9 Å². The first kappa shape index (κ1) is 30.8. The van der Waals surface area contributed by atoms with Crippen LogP contribution in [-0.4, -0.2) is 95.2 Å². The van der Waals surface area contributed by atoms with Gasteiger partial charge in [0.2, 0.25) is 5.78 Å². The summed E-state index contributed by atoms with van der Waals surface area (Å²) in [6.07, 6.45) is 4.19. The summed E-state index contributed by atoms with van der Waals surface area (Å²) in [5.74, 6) is -7.80. The van der Waals surface area contributed by atoms with E-state index in [-0.39, 0.29) is 36.1 Å². The summed E-state index contributed by atoms with van der Waals surface area (Å²) in [6, 6.07) is 0.484. The van der Waals surface area contributed by atoms with E-state index in [0.717, 1.165) is 12.5 Å². The van der Waals surface area contributed by atoms with E-state index in [1.54, 1.807) is 39.2 Å². The van der Waals surface area contributed by atoms with Gasteiger partial charge in [-0.1, -0.05) is 13.3 Å². The summed E-state index contributed by atoms with van der Waals surface area (Å²) in [5.41, 5.74) is 2.77. The third kappa shape index (κ3) is 4.74. The third-order valence-corrected chi connectivity index (χ3v) is 8.35. The molecule has 4 atom stereocenters. The maximum Gasteiger partial charge on any atom is 0.330 e. The smallest absolute Gasteiger partial charge is 0.330 e. The zero-order valence-corrected chi connectivity index (χ0v) is 24.3. The molecule has 12 nitrogen and oxygen atoms in total. The van der Waals surface area contributed by atoms with Gasteiger partial charge >= 0.3 is 5.97 Å². The van der Waals surface area contributed by atoms with Gasteiger partial charge < -0.3 is 35.8 Å². The van der Waals surface area contributed by atoms with E-state index in [1.807, 2.05) is 6.92 Å². The number of phenols is 1. The number of nitrogens with zero attached hydrogens (tertiary/aromatic N) is 2. The first-order valence-electron chi connectivity index (χ1n) is 13.7. The third-order valence-electron chi connectivity index (χ3n) is 8.35. The Kier molecular flexibility index (Phi) is 8.25. The van der Waals surface area contributed by atoms with E-state index >= 15 is 0 Å². The van der Waals surface area contributed by atoms with Crippen LogP contribution in [0.15, 0.2) is 29.0 Å². The van der Waals surface area contributed by atoms with Crippen LogP contribution in [-0.2, 0) is 30.3 Å². The Hall–Kier alpha value is -4.16. The second-order valence-electron chi connectivity index (χ2n) is 11.4. The van der Waals surface area contributed by atoms with Gasteiger partial charge in [0.1, 0.15) is 22.8 Å². The van der Waals surface area contributed by atoms with E-state index in [4.69, 9.17) is 10.5 Å². The molecule has 12 heteroatoms. The number of ether oxygens (including phenoxy) is 1. The van der Waals surface area contributed by atoms with Gasteiger partial charge in [0, 0.05) is 42.9 Å². The number of rotatable bonds is 8. The van der Waals surface area contributed by atoms with Crippen LogP contribution in [0.4, 0.5) is 5.69 Å². The molecule has 1 amide bonds. The van der Waals surface area contributed by atoms with Gasteiger partial charge in [0.15, 0.2) is 11.4 Å². The number of aliphatic hydroxyl groups is 3. The van der Waals surface area contributed by atoms with Crippen molar-refractivity contribution >= 4 is 41.0 Å². The molecule has 0 spiro atoms. The Morgan fingerprint density at radius 2 is 1.83 bits per heavy atom. The number of carbonyl (C=O) groups excluding carboxylic acids is 4. The molecule has 0 aliphatic heterocycles. The zero-order chi connectivity index (χ0) is 31.3. The van der Waals surface area contributed by atoms with Gasteiger partial charge in [0.25, 0.3) is 5.91 Å². The highest BCUT2D eigenvalue weighted by Crippen LogP contribution is 2.54. The van der Waals surface area contributed by atoms with Gasteiger partial charge in [-0.25, -0.2) is 4.79 Å². The van der Waals surface area contributed by atoms with Crippen LogP contribution in [0, 0.1) is 11.8 Å². The van der Waals surface area contributed by atoms with Crippen molar-refractivity contribution in [2.45, 2.75) is 44.2 Å². The zero-order valence-electron chi connectivity index (χ0n) is 24.3. The molecule has 3 aliphatic rings. The van der Waals surface area contributed by atoms with Crippen molar-refractivity contribution < 1.29 is 44.3 Å². The predicted molar refractivity (Wildman–Crippen MR) is 153 cm³/mol. The normalized spacial score (nSPS) is 25.5. The minimum Gasteiger partial charge on any atom is -0.508 e. The molecule has 42 heavy (non-hydrogen) atoms. The second kappa shape index (κ2) is 11.3. The molecule has 6 N–H and O–H groups in total. The monoisotopic (exact) mass is 583 g/mol. The summed E-state index contributed by atoms with van der Waals surface area (Å²) < 4.78 is 5.13. The molecule has 3 aliphatic carbocycles. The second-order valence-corrected chi connectivity index (χ2v) is 11.4. The maximum atomic E-state index is 14.0. The fourth-order valence-electron chi connectivity index (χ4n) is 6.36. The lowest BCUT2D eigenvalue weighted by Crippen LogP contribution is -2.65. The SMILES string of the molecule is CCCCOC(=O)/C=C/c1cc(N(C)C)c2c(c1O)C(O)=C1C(=O)C3(O)C(O)=C(C(N)=O)C(=O)C(N(C)C)C3CC1C2. The van der Waals surface area contributed by atoms with E-state index in [1.165, 1.54) is 11.0 Å². The molecule has 0 bridgehead atoms. The molecular formula is C30H37N3O9. The predicted octanol–water partition coefficient (Wildman–Crippen LogP) is 1.39. The summed E-state index contributed by atoms with van der Waals surface area (Å²) in [7, 11) is 6.61. The van der Waals surface area contributed by atoms with Gasteiger partial charge in [-0.2, -0.15) is 0 Å². The number of aromatic hydroxyl groups is 1. The van der Waals surface area contributed by atoms with E-state index in [0.29, 0.717) is 17.7 Å². The van der Waals surface area contributed by atoms with Crippen LogP contribution in [0.5, 0.6) is 5.75 Å². The summed E-state index contributed by atoms with van der Waals surface area (Å²) in [5, 5.41) is 45.5. The fourth-order valence-corrected chi connectivity index (χ4v) is 6.36. The van der Waals surface area contributed by atoms with Gasteiger partial charge in [0.05, 0.1) is 18.2 Å². The largest absolute Gasteiger partial charge is 0.508 e. The lowest BCUT2D eigenvalue weighted by molar-refractivity contribution is -0.153. The van der Waals surface area contributed by atoms with Gasteiger partial charge in [-0.05, 0) is 57.0 Å². The first-order chi connectivity index (χ1) is 19.7. The van der Waals surface area contributed by atoms with Crippen molar-refractivity contribution in [3.8, 4) is 5.75 Å². The van der Waals surface area contributed by atoms with Crippen molar-refractivity contribution in [3.63, 3.8) is 0 Å². The van der Waals surface area contributed by atoms with Crippen molar-refractivity contribution in [2.24, 2.45) is 17.6 Å². The number of anilines is 1. The number of benzene rings is 1. The Morgan fingerprint density at radius 3 is 2.40 bits per heavy atom. The number of hydrogen-bond donors (Lipinski definition) is 5. The number of esters is 1. The number of aliphatic hydroxyl groups excluding tert-OH is 2. The van der Waals surface area contributed by atoms with E-state index in [2.05, 4.69) is 0 Å². The topological polar surface area (TPSA) is 191 Å². The Morgan fingerprint density at radius 1 is 1.17 bits per heavy atom. The van der Waals surface area contributed by atoms with E-state index in [9.17, 15) is 39.6 Å². The molecule has 0 heterocycles. The Bertz CT molecular complexity index is 1460. The molecule has 0 aromatic heterocycles. The number of carbonyl (C=O) groups is 4. The number of likely N-dealkylation sites (N-methyl/N-ethyl adjacent to an activating group) is 1. The minimum absolute atomic E-state index is 0.00928. The molecule has 4 unspecified atom stereocenters. The number of nitrogens with two attached hydrogens (primary N) is 1. The average Bonchev–Trinajstić information content (AvgIpc) is 2.89. The molecule has 1 aromatic rings. The highest BCUT2D eigenvalue weighted by atomic mass is 16.5. The molecule has 1 aromatic carbocycles. The van der Waals surface area contributed by atoms with Crippen molar-refractivity contribution in [2.75, 3.05) is 39.7 Å². The van der Waals surface area contributed by atoms with Crippen LogP contribution in [0.2, 0.25) is 0 Å². The first-order valence-corrected chi connectivity index (χ1v) is 13.7. The van der Waals surface area contributed by atoms with Crippen LogP contribution < -0.4 is 10.6 Å². The number of fused-ring (bicyclic) bond motifs is 3. The van der Waals surface area contributed by atoms with Gasteiger partial charge in [-0.3, -0.25) is 19.3 Å². The molecule has 0 radical (unpaired) electrons. The quantitative estimate of drug-likeness (QED) is 0.129. The van der Waals surface area contributed by atoms with Crippen molar-refractivity contribution in [3.05, 3.63) is 45.7 Å². The number of Topliss-reactive ketones (excluding diaryl/α,β-unsaturated/α-hetero) is 2. The molecule has 1 fully saturated rings. The van der Waals surface area contributed by atoms with Crippen LogP contribution >= 0.6 is 0 Å². The lowest BCUT2D eigenvalue weighted by atomic mass is 9.57. The summed E-state index contributed by atoms with van der Waals surface area (Å²) >= 11 is 0. The Balaban J connectivity index is 1.89. The van der Waals surface area contributed by atoms with Crippen LogP contribution in [0.25, 0.3) is 11.8 Å². The number of phenolic OH excluding ortho intramolecular Hbond substituents is 1. The highest BCUT2D eigenvalue weighted by molar-refractivity contribution is 6.24. The van der Waals surface area contributed by atoms with Gasteiger partial charge in [-0.15, -0.1) is 0 Å². The van der Waals surface area contributed by atoms with Crippen molar-refractivity contribution in [1.82, 2.24) is 4.90 Å². The van der Waals surface area contributed by atoms with Crippen molar-refractivity contribution in [1.29, 1.82) is 0 Å². The average molecular weight is 584 g/mol. The van der Waals surface area contributed by atoms with Crippen LogP contribution in [0.3, 0.4) is 0 Å². The Labute approximate surface area is 243 Å². The minimum atomic E-state index is -2.72. The molecule has 226 valence electrons.